The lowest BCUT2D eigenvalue weighted by Crippen LogP contribution is -2.39. The summed E-state index contributed by atoms with van der Waals surface area (Å²) in [4.78, 5) is 1.67. The number of benzene rings is 1. The first-order chi connectivity index (χ1) is 9.29. The van der Waals surface area contributed by atoms with Crippen LogP contribution in [0.15, 0.2) is 18.2 Å². The van der Waals surface area contributed by atoms with E-state index in [9.17, 15) is 17.6 Å². The minimum atomic E-state index is -4.15. The van der Waals surface area contributed by atoms with Gasteiger partial charge in [0, 0.05) is 19.1 Å². The van der Waals surface area contributed by atoms with Gasteiger partial charge in [-0.25, -0.2) is 4.39 Å². The molecule has 1 aliphatic heterocycles. The van der Waals surface area contributed by atoms with Crippen LogP contribution in [0.4, 0.5) is 23.2 Å². The van der Waals surface area contributed by atoms with Crippen molar-refractivity contribution in [2.45, 2.75) is 32.0 Å². The van der Waals surface area contributed by atoms with Gasteiger partial charge in [-0.1, -0.05) is 6.07 Å². The quantitative estimate of drug-likeness (QED) is 0.843. The maximum Gasteiger partial charge on any atom is 0.391 e. The highest BCUT2D eigenvalue weighted by Gasteiger charge is 2.41. The smallest absolute Gasteiger partial charge is 0.369 e. The second-order valence-electron chi connectivity index (χ2n) is 5.30. The molecule has 2 N–H and O–H groups in total. The highest BCUT2D eigenvalue weighted by atomic mass is 19.4. The average molecular weight is 290 g/mol. The minimum absolute atomic E-state index is 0.0119. The summed E-state index contributed by atoms with van der Waals surface area (Å²) < 4.78 is 51.8. The van der Waals surface area contributed by atoms with Gasteiger partial charge in [-0.05, 0) is 37.5 Å². The van der Waals surface area contributed by atoms with Gasteiger partial charge < -0.3 is 10.6 Å². The van der Waals surface area contributed by atoms with Gasteiger partial charge >= 0.3 is 6.18 Å². The van der Waals surface area contributed by atoms with E-state index < -0.39 is 17.9 Å². The van der Waals surface area contributed by atoms with Crippen LogP contribution >= 0.6 is 0 Å². The zero-order chi connectivity index (χ0) is 14.9. The van der Waals surface area contributed by atoms with Crippen LogP contribution in [0.5, 0.6) is 0 Å². The molecule has 2 nitrogen and oxygen atoms in total. The maximum atomic E-state index is 14.0. The number of nitrogens with two attached hydrogens (primary N) is 1. The summed E-state index contributed by atoms with van der Waals surface area (Å²) >= 11 is 0. The van der Waals surface area contributed by atoms with Crippen molar-refractivity contribution in [2.24, 2.45) is 11.7 Å². The van der Waals surface area contributed by atoms with Gasteiger partial charge in [0.25, 0.3) is 0 Å². The van der Waals surface area contributed by atoms with Gasteiger partial charge in [-0.3, -0.25) is 0 Å². The molecule has 0 unspecified atom stereocenters. The molecule has 1 aliphatic rings. The molecule has 0 radical (unpaired) electrons. The van der Waals surface area contributed by atoms with Crippen LogP contribution in [0.1, 0.15) is 31.4 Å². The number of anilines is 1. The second kappa shape index (κ2) is 5.60. The van der Waals surface area contributed by atoms with E-state index in [-0.39, 0.29) is 32.0 Å². The van der Waals surface area contributed by atoms with Crippen molar-refractivity contribution in [1.29, 1.82) is 0 Å². The number of nitrogens with zero attached hydrogens (tertiary/aromatic N) is 1. The van der Waals surface area contributed by atoms with Crippen LogP contribution in [-0.4, -0.2) is 19.3 Å². The van der Waals surface area contributed by atoms with Crippen LogP contribution in [0.2, 0.25) is 0 Å². The molecule has 0 amide bonds. The summed E-state index contributed by atoms with van der Waals surface area (Å²) in [7, 11) is 0. The molecule has 1 atom stereocenters. The van der Waals surface area contributed by atoms with Crippen molar-refractivity contribution < 1.29 is 17.6 Å². The molecule has 112 valence electrons. The number of hydrogen-bond donors (Lipinski definition) is 1. The molecule has 1 aromatic rings. The summed E-state index contributed by atoms with van der Waals surface area (Å²) in [5, 5.41) is 0. The SMILES string of the molecule is C[C@H](N)c1ccc(N2CCC(C(F)(F)F)CC2)c(F)c1. The fourth-order valence-corrected chi connectivity index (χ4v) is 2.51. The van der Waals surface area contributed by atoms with Gasteiger partial charge in [0.05, 0.1) is 11.6 Å². The first-order valence-corrected chi connectivity index (χ1v) is 6.65. The van der Waals surface area contributed by atoms with E-state index in [0.29, 0.717) is 11.3 Å². The zero-order valence-electron chi connectivity index (χ0n) is 11.3. The van der Waals surface area contributed by atoms with Crippen LogP contribution < -0.4 is 10.6 Å². The number of alkyl halides is 3. The highest BCUT2D eigenvalue weighted by Crippen LogP contribution is 2.36. The fourth-order valence-electron chi connectivity index (χ4n) is 2.51. The molecule has 1 aromatic carbocycles. The van der Waals surface area contributed by atoms with E-state index in [2.05, 4.69) is 0 Å². The molecule has 0 spiro atoms. The number of halogens is 4. The summed E-state index contributed by atoms with van der Waals surface area (Å²) in [6, 6.07) is 4.41. The molecule has 20 heavy (non-hydrogen) atoms. The summed E-state index contributed by atoms with van der Waals surface area (Å²) in [6.07, 6.45) is -4.13. The van der Waals surface area contributed by atoms with E-state index in [0.717, 1.165) is 0 Å². The minimum Gasteiger partial charge on any atom is -0.369 e. The van der Waals surface area contributed by atoms with Gasteiger partial charge in [0.2, 0.25) is 0 Å². The van der Waals surface area contributed by atoms with E-state index in [1.807, 2.05) is 0 Å². The van der Waals surface area contributed by atoms with E-state index in [1.54, 1.807) is 24.0 Å². The maximum absolute atomic E-state index is 14.0. The molecule has 1 heterocycles. The van der Waals surface area contributed by atoms with Crippen molar-refractivity contribution in [3.63, 3.8) is 0 Å². The van der Waals surface area contributed by atoms with E-state index in [4.69, 9.17) is 5.73 Å². The lowest BCUT2D eigenvalue weighted by Gasteiger charge is -2.34. The molecule has 0 aromatic heterocycles. The number of piperidine rings is 1. The highest BCUT2D eigenvalue weighted by molar-refractivity contribution is 5.50. The Kier molecular flexibility index (Phi) is 4.22. The van der Waals surface area contributed by atoms with Crippen LogP contribution in [-0.2, 0) is 0 Å². The Morgan fingerprint density at radius 2 is 1.85 bits per heavy atom. The van der Waals surface area contributed by atoms with E-state index >= 15 is 0 Å². The molecular weight excluding hydrogens is 272 g/mol. The fraction of sp³-hybridized carbons (Fsp3) is 0.571. The standard InChI is InChI=1S/C14H18F4N2/c1-9(19)10-2-3-13(12(15)8-10)20-6-4-11(5-7-20)14(16,17)18/h2-3,8-9,11H,4-7,19H2,1H3/t9-/m0/s1. The van der Waals surface area contributed by atoms with Gasteiger partial charge in [0.1, 0.15) is 5.82 Å². The Hall–Kier alpha value is -1.30. The lowest BCUT2D eigenvalue weighted by molar-refractivity contribution is -0.179. The number of hydrogen-bond acceptors (Lipinski definition) is 2. The molecule has 0 saturated carbocycles. The third kappa shape index (κ3) is 3.23. The Bertz CT molecular complexity index is 463. The van der Waals surface area contributed by atoms with Crippen LogP contribution in [0.3, 0.4) is 0 Å². The Labute approximate surface area is 115 Å². The second-order valence-corrected chi connectivity index (χ2v) is 5.30. The molecule has 6 heteroatoms. The molecule has 2 rings (SSSR count). The van der Waals surface area contributed by atoms with Gasteiger partial charge in [0.15, 0.2) is 0 Å². The van der Waals surface area contributed by atoms with Crippen LogP contribution in [0, 0.1) is 11.7 Å². The van der Waals surface area contributed by atoms with Crippen molar-refractivity contribution in [3.8, 4) is 0 Å². The third-order valence-electron chi connectivity index (χ3n) is 3.80. The van der Waals surface area contributed by atoms with Gasteiger partial charge in [-0.2, -0.15) is 13.2 Å². The van der Waals surface area contributed by atoms with Gasteiger partial charge in [-0.15, -0.1) is 0 Å². The predicted octanol–water partition coefficient (Wildman–Crippen LogP) is 3.62. The van der Waals surface area contributed by atoms with Crippen LogP contribution in [0.25, 0.3) is 0 Å². The predicted molar refractivity (Wildman–Crippen MR) is 70.0 cm³/mol. The molecule has 0 bridgehead atoms. The zero-order valence-corrected chi connectivity index (χ0v) is 11.3. The third-order valence-corrected chi connectivity index (χ3v) is 3.80. The molecule has 1 fully saturated rings. The van der Waals surface area contributed by atoms with E-state index in [1.165, 1.54) is 6.07 Å². The monoisotopic (exact) mass is 290 g/mol. The Morgan fingerprint density at radius 3 is 2.30 bits per heavy atom. The normalized spacial score (nSPS) is 19.2. The first kappa shape index (κ1) is 15.1. The summed E-state index contributed by atoms with van der Waals surface area (Å²) in [6.45, 7) is 2.19. The van der Waals surface area contributed by atoms with Crippen molar-refractivity contribution >= 4 is 5.69 Å². The molecule has 0 aliphatic carbocycles. The topological polar surface area (TPSA) is 29.3 Å². The first-order valence-electron chi connectivity index (χ1n) is 6.65. The molecule has 1 saturated heterocycles. The lowest BCUT2D eigenvalue weighted by atomic mass is 9.95. The van der Waals surface area contributed by atoms with Crippen molar-refractivity contribution in [2.75, 3.05) is 18.0 Å². The average Bonchev–Trinajstić information content (AvgIpc) is 2.37. The summed E-state index contributed by atoms with van der Waals surface area (Å²) in [5.41, 5.74) is 6.71. The Morgan fingerprint density at radius 1 is 1.25 bits per heavy atom. The van der Waals surface area contributed by atoms with Crippen molar-refractivity contribution in [3.05, 3.63) is 29.6 Å². The number of rotatable bonds is 2. The molecular formula is C14H18F4N2. The largest absolute Gasteiger partial charge is 0.391 e. The Balaban J connectivity index is 2.07. The van der Waals surface area contributed by atoms with Crippen molar-refractivity contribution in [1.82, 2.24) is 0 Å². The summed E-state index contributed by atoms with van der Waals surface area (Å²) in [5.74, 6) is -1.70.